The van der Waals surface area contributed by atoms with Gasteiger partial charge in [0, 0.05) is 6.42 Å². The molecule has 0 aromatic heterocycles. The number of oxime groups is 1. The minimum absolute atomic E-state index is 0.0711. The Kier molecular flexibility index (Phi) is 7.27. The van der Waals surface area contributed by atoms with Gasteiger partial charge in [-0.3, -0.25) is 9.59 Å². The third-order valence-corrected chi connectivity index (χ3v) is 9.58. The Morgan fingerprint density at radius 1 is 1.11 bits per heavy atom. The molecule has 0 radical (unpaired) electrons. The third kappa shape index (κ3) is 4.97. The number of carbonyl (C=O) groups excluding carboxylic acids is 1. The highest BCUT2D eigenvalue weighted by molar-refractivity contribution is 5.96. The van der Waals surface area contributed by atoms with Crippen molar-refractivity contribution < 1.29 is 34.5 Å². The van der Waals surface area contributed by atoms with Gasteiger partial charge >= 0.3 is 11.9 Å². The summed E-state index contributed by atoms with van der Waals surface area (Å²) < 4.78 is 0. The second kappa shape index (κ2) is 9.91. The monoisotopic (exact) mass is 490 g/mol. The zero-order valence-corrected chi connectivity index (χ0v) is 20.7. The quantitative estimate of drug-likeness (QED) is 0.382. The third-order valence-electron chi connectivity index (χ3n) is 9.58. The fourth-order valence-corrected chi connectivity index (χ4v) is 7.55. The lowest BCUT2D eigenvalue weighted by Crippen LogP contribution is -2.51. The van der Waals surface area contributed by atoms with Crippen LogP contribution in [0.3, 0.4) is 0 Å². The summed E-state index contributed by atoms with van der Waals surface area (Å²) in [6, 6.07) is -1.28. The van der Waals surface area contributed by atoms with Gasteiger partial charge < -0.3 is 25.5 Å². The van der Waals surface area contributed by atoms with Gasteiger partial charge in [-0.1, -0.05) is 24.6 Å². The van der Waals surface area contributed by atoms with Crippen molar-refractivity contribution in [2.75, 3.05) is 6.61 Å². The molecule has 4 aliphatic rings. The molecular formula is C26H38N2O7. The van der Waals surface area contributed by atoms with Crippen LogP contribution >= 0.6 is 0 Å². The van der Waals surface area contributed by atoms with Crippen LogP contribution in [0.25, 0.3) is 0 Å². The number of hydrogen-bond donors (Lipinski definition) is 4. The molecule has 9 heteroatoms. The average molecular weight is 491 g/mol. The highest BCUT2D eigenvalue weighted by Gasteiger charge is 2.58. The van der Waals surface area contributed by atoms with E-state index in [0.717, 1.165) is 57.1 Å². The number of nitrogens with one attached hydrogen (secondary N) is 1. The zero-order chi connectivity index (χ0) is 25.4. The summed E-state index contributed by atoms with van der Waals surface area (Å²) in [5.41, 5.74) is 2.40. The molecule has 4 N–H and O–H groups in total. The number of allylic oxidation sites excluding steroid dienone is 2. The molecule has 4 rings (SSSR count). The standard InChI is InChI=1S/C26H38N2O7/c1-25-11-9-16(28-35-14-22(30)27-20(24(33)34)6-8-23(31)32)13-15(25)3-4-17-18-5-7-21(29)26(18,2)12-10-19(17)25/h13,17-21,29H,3-12,14H2,1-2H3,(H,27,30)(H,31,32)(H,33,34)/b28-16+/t17-,18-,19-,20-,21-,25-,26-/m0/s1. The number of rotatable bonds is 8. The van der Waals surface area contributed by atoms with Gasteiger partial charge in [-0.15, -0.1) is 0 Å². The normalized spacial score (nSPS) is 37.9. The molecular weight excluding hydrogens is 452 g/mol. The highest BCUT2D eigenvalue weighted by Crippen LogP contribution is 2.65. The van der Waals surface area contributed by atoms with E-state index in [2.05, 4.69) is 30.4 Å². The molecule has 0 unspecified atom stereocenters. The second-order valence-electron chi connectivity index (χ2n) is 11.4. The number of carboxylic acids is 2. The maximum atomic E-state index is 12.1. The largest absolute Gasteiger partial charge is 0.481 e. The molecule has 0 aromatic rings. The van der Waals surface area contributed by atoms with Gasteiger partial charge in [0.2, 0.25) is 0 Å². The van der Waals surface area contributed by atoms with Crippen molar-refractivity contribution in [3.63, 3.8) is 0 Å². The summed E-state index contributed by atoms with van der Waals surface area (Å²) >= 11 is 0. The van der Waals surface area contributed by atoms with Gasteiger partial charge in [0.25, 0.3) is 5.91 Å². The number of nitrogens with zero attached hydrogens (tertiary/aromatic N) is 1. The van der Waals surface area contributed by atoms with Crippen molar-refractivity contribution in [3.8, 4) is 0 Å². The van der Waals surface area contributed by atoms with Gasteiger partial charge in [0.1, 0.15) is 6.04 Å². The molecule has 0 bridgehead atoms. The van der Waals surface area contributed by atoms with Crippen molar-refractivity contribution in [1.82, 2.24) is 5.32 Å². The lowest BCUT2D eigenvalue weighted by atomic mass is 9.47. The first-order valence-electron chi connectivity index (χ1n) is 12.9. The van der Waals surface area contributed by atoms with Crippen molar-refractivity contribution >= 4 is 23.6 Å². The molecule has 4 aliphatic carbocycles. The topological polar surface area (TPSA) is 146 Å². The van der Waals surface area contributed by atoms with E-state index in [-0.39, 0.29) is 29.8 Å². The van der Waals surface area contributed by atoms with Crippen molar-refractivity contribution in [2.24, 2.45) is 33.7 Å². The Bertz CT molecular complexity index is 931. The van der Waals surface area contributed by atoms with Crippen LogP contribution in [0.2, 0.25) is 0 Å². The molecule has 194 valence electrons. The van der Waals surface area contributed by atoms with Crippen LogP contribution in [0.1, 0.15) is 78.1 Å². The number of aliphatic hydroxyl groups excluding tert-OH is 1. The molecule has 0 spiro atoms. The fourth-order valence-electron chi connectivity index (χ4n) is 7.55. The lowest BCUT2D eigenvalue weighted by Gasteiger charge is -2.57. The van der Waals surface area contributed by atoms with E-state index in [4.69, 9.17) is 15.1 Å². The first-order valence-corrected chi connectivity index (χ1v) is 12.9. The van der Waals surface area contributed by atoms with Crippen LogP contribution in [0.15, 0.2) is 16.8 Å². The summed E-state index contributed by atoms with van der Waals surface area (Å²) in [7, 11) is 0. The summed E-state index contributed by atoms with van der Waals surface area (Å²) in [5.74, 6) is -1.16. The van der Waals surface area contributed by atoms with E-state index in [1.54, 1.807) is 0 Å². The van der Waals surface area contributed by atoms with Gasteiger partial charge in [0.15, 0.2) is 6.61 Å². The molecule has 3 saturated carbocycles. The summed E-state index contributed by atoms with van der Waals surface area (Å²) in [4.78, 5) is 39.2. The van der Waals surface area contributed by atoms with Gasteiger partial charge in [-0.25, -0.2) is 4.79 Å². The maximum Gasteiger partial charge on any atom is 0.326 e. The molecule has 0 heterocycles. The molecule has 35 heavy (non-hydrogen) atoms. The molecule has 7 atom stereocenters. The molecule has 0 aliphatic heterocycles. The minimum atomic E-state index is -1.28. The van der Waals surface area contributed by atoms with E-state index in [1.807, 2.05) is 0 Å². The fraction of sp³-hybridized carbons (Fsp3) is 0.769. The second-order valence-corrected chi connectivity index (χ2v) is 11.4. The predicted molar refractivity (Wildman–Crippen MR) is 128 cm³/mol. The minimum Gasteiger partial charge on any atom is -0.481 e. The van der Waals surface area contributed by atoms with Crippen molar-refractivity contribution in [3.05, 3.63) is 11.6 Å². The van der Waals surface area contributed by atoms with E-state index in [1.165, 1.54) is 5.57 Å². The highest BCUT2D eigenvalue weighted by atomic mass is 16.6. The SMILES string of the molecule is C[C@]12CC[C@H]3[C@@H](CCC4=C/C(=N/OCC(=O)N[C@@H](CCC(=O)O)C(=O)O)CC[C@@]43C)[C@@H]1CC[C@@H]2O. The number of carbonyl (C=O) groups is 3. The molecule has 9 nitrogen and oxygen atoms in total. The number of fused-ring (bicyclic) bond motifs is 5. The molecule has 1 amide bonds. The number of amides is 1. The first kappa shape index (κ1) is 25.7. The van der Waals surface area contributed by atoms with Crippen LogP contribution in [0, 0.1) is 28.6 Å². The number of carboxylic acid groups (broad SMARTS) is 2. The number of aliphatic carboxylic acids is 2. The van der Waals surface area contributed by atoms with Gasteiger partial charge in [-0.05, 0) is 92.4 Å². The average Bonchev–Trinajstić information content (AvgIpc) is 3.11. The Hall–Kier alpha value is -2.42. The Morgan fingerprint density at radius 2 is 1.89 bits per heavy atom. The lowest BCUT2D eigenvalue weighted by molar-refractivity contribution is -0.143. The first-order chi connectivity index (χ1) is 16.5. The predicted octanol–water partition coefficient (Wildman–Crippen LogP) is 3.12. The molecule has 0 saturated heterocycles. The van der Waals surface area contributed by atoms with Crippen LogP contribution < -0.4 is 5.32 Å². The van der Waals surface area contributed by atoms with Crippen molar-refractivity contribution in [2.45, 2.75) is 90.2 Å². The summed E-state index contributed by atoms with van der Waals surface area (Å²) in [6.07, 6.45) is 9.61. The van der Waals surface area contributed by atoms with Gasteiger partial charge in [-0.2, -0.15) is 0 Å². The molecule has 0 aromatic carbocycles. The van der Waals surface area contributed by atoms with E-state index >= 15 is 0 Å². The van der Waals surface area contributed by atoms with E-state index in [9.17, 15) is 19.5 Å². The summed E-state index contributed by atoms with van der Waals surface area (Å²) in [5, 5.41) is 35.0. The number of hydrogen-bond acceptors (Lipinski definition) is 6. The van der Waals surface area contributed by atoms with Crippen LogP contribution in [-0.4, -0.2) is 57.6 Å². The Labute approximate surface area is 206 Å². The molecule has 3 fully saturated rings. The van der Waals surface area contributed by atoms with Crippen LogP contribution in [0.4, 0.5) is 0 Å². The van der Waals surface area contributed by atoms with E-state index in [0.29, 0.717) is 17.8 Å². The van der Waals surface area contributed by atoms with Crippen LogP contribution in [0.5, 0.6) is 0 Å². The maximum absolute atomic E-state index is 12.1. The van der Waals surface area contributed by atoms with Crippen LogP contribution in [-0.2, 0) is 19.2 Å². The zero-order valence-electron chi connectivity index (χ0n) is 20.7. The summed E-state index contributed by atoms with van der Waals surface area (Å²) in [6.45, 7) is 4.26. The van der Waals surface area contributed by atoms with Crippen molar-refractivity contribution in [1.29, 1.82) is 0 Å². The Morgan fingerprint density at radius 3 is 2.60 bits per heavy atom. The van der Waals surface area contributed by atoms with Gasteiger partial charge in [0.05, 0.1) is 11.8 Å². The number of aliphatic hydroxyl groups is 1. The Balaban J connectivity index is 1.35. The smallest absolute Gasteiger partial charge is 0.326 e. The van der Waals surface area contributed by atoms with E-state index < -0.39 is 30.5 Å².